The number of anilines is 1. The molecule has 0 unspecified atom stereocenters. The van der Waals surface area contributed by atoms with Gasteiger partial charge in [-0.25, -0.2) is 4.98 Å². The van der Waals surface area contributed by atoms with Gasteiger partial charge in [-0.15, -0.1) is 0 Å². The molecule has 0 radical (unpaired) electrons. The second kappa shape index (κ2) is 4.45. The number of methoxy groups -OCH3 is 1. The summed E-state index contributed by atoms with van der Waals surface area (Å²) in [6.07, 6.45) is 1.82. The zero-order valence-electron chi connectivity index (χ0n) is 10.3. The van der Waals surface area contributed by atoms with Crippen molar-refractivity contribution in [2.75, 3.05) is 12.8 Å². The Morgan fingerprint density at radius 3 is 2.35 bits per heavy atom. The summed E-state index contributed by atoms with van der Waals surface area (Å²) in [5.74, 6) is 1.42. The van der Waals surface area contributed by atoms with Crippen molar-refractivity contribution in [3.8, 4) is 16.9 Å². The number of nitrogen functional groups attached to an aromatic ring is 1. The van der Waals surface area contributed by atoms with Crippen LogP contribution in [-0.4, -0.2) is 12.1 Å². The first kappa shape index (κ1) is 11.5. The highest BCUT2D eigenvalue weighted by atomic mass is 16.5. The van der Waals surface area contributed by atoms with Crippen molar-refractivity contribution < 1.29 is 4.74 Å². The van der Waals surface area contributed by atoms with E-state index in [0.717, 1.165) is 22.4 Å². The summed E-state index contributed by atoms with van der Waals surface area (Å²) in [6.45, 7) is 4.10. The molecule has 0 saturated heterocycles. The molecule has 0 aliphatic heterocycles. The molecule has 3 nitrogen and oxygen atoms in total. The molecule has 0 spiro atoms. The highest BCUT2D eigenvalue weighted by Gasteiger charge is 2.07. The van der Waals surface area contributed by atoms with Crippen molar-refractivity contribution in [2.45, 2.75) is 13.8 Å². The van der Waals surface area contributed by atoms with Gasteiger partial charge in [0.15, 0.2) is 0 Å². The van der Waals surface area contributed by atoms with Gasteiger partial charge in [-0.1, -0.05) is 6.07 Å². The van der Waals surface area contributed by atoms with Gasteiger partial charge in [0.25, 0.3) is 0 Å². The van der Waals surface area contributed by atoms with E-state index < -0.39 is 0 Å². The number of ether oxygens (including phenoxy) is 1. The fourth-order valence-electron chi connectivity index (χ4n) is 1.93. The SMILES string of the molecule is COc1ccc(-c2cnc(N)cc2C)c(C)c1. The first-order valence-corrected chi connectivity index (χ1v) is 5.49. The zero-order chi connectivity index (χ0) is 12.4. The molecule has 1 heterocycles. The average Bonchev–Trinajstić information content (AvgIpc) is 2.30. The molecule has 1 aromatic carbocycles. The summed E-state index contributed by atoms with van der Waals surface area (Å²) in [5, 5.41) is 0. The molecule has 2 rings (SSSR count). The van der Waals surface area contributed by atoms with Crippen molar-refractivity contribution in [3.05, 3.63) is 41.6 Å². The van der Waals surface area contributed by atoms with Gasteiger partial charge < -0.3 is 10.5 Å². The van der Waals surface area contributed by atoms with E-state index in [0.29, 0.717) is 5.82 Å². The number of hydrogen-bond acceptors (Lipinski definition) is 3. The van der Waals surface area contributed by atoms with E-state index in [9.17, 15) is 0 Å². The Morgan fingerprint density at radius 2 is 1.76 bits per heavy atom. The number of nitrogens with zero attached hydrogens (tertiary/aromatic N) is 1. The maximum absolute atomic E-state index is 5.66. The minimum absolute atomic E-state index is 0.553. The summed E-state index contributed by atoms with van der Waals surface area (Å²) < 4.78 is 5.20. The van der Waals surface area contributed by atoms with Crippen LogP contribution >= 0.6 is 0 Å². The third kappa shape index (κ3) is 2.23. The van der Waals surface area contributed by atoms with Crippen LogP contribution in [0.4, 0.5) is 5.82 Å². The summed E-state index contributed by atoms with van der Waals surface area (Å²) in [4.78, 5) is 4.15. The van der Waals surface area contributed by atoms with Crippen molar-refractivity contribution in [2.24, 2.45) is 0 Å². The molecular formula is C14H16N2O. The lowest BCUT2D eigenvalue weighted by Crippen LogP contribution is -1.94. The first-order valence-electron chi connectivity index (χ1n) is 5.49. The van der Waals surface area contributed by atoms with Gasteiger partial charge in [0.05, 0.1) is 7.11 Å². The van der Waals surface area contributed by atoms with Crippen LogP contribution in [0.1, 0.15) is 11.1 Å². The monoisotopic (exact) mass is 228 g/mol. The molecule has 0 bridgehead atoms. The van der Waals surface area contributed by atoms with Crippen LogP contribution in [-0.2, 0) is 0 Å². The van der Waals surface area contributed by atoms with E-state index in [1.165, 1.54) is 5.56 Å². The minimum atomic E-state index is 0.553. The van der Waals surface area contributed by atoms with Gasteiger partial charge in [-0.05, 0) is 48.7 Å². The number of aryl methyl sites for hydroxylation is 2. The predicted octanol–water partition coefficient (Wildman–Crippen LogP) is 2.96. The number of benzene rings is 1. The first-order chi connectivity index (χ1) is 8.11. The number of pyridine rings is 1. The van der Waals surface area contributed by atoms with Crippen LogP contribution in [0.25, 0.3) is 11.1 Å². The Kier molecular flexibility index (Phi) is 3.00. The Hall–Kier alpha value is -2.03. The van der Waals surface area contributed by atoms with Crippen LogP contribution in [0.2, 0.25) is 0 Å². The molecule has 3 heteroatoms. The molecule has 2 N–H and O–H groups in total. The van der Waals surface area contributed by atoms with E-state index in [1.807, 2.05) is 37.4 Å². The molecule has 2 aromatic rings. The van der Waals surface area contributed by atoms with E-state index >= 15 is 0 Å². The maximum Gasteiger partial charge on any atom is 0.123 e. The molecule has 0 aliphatic rings. The molecule has 88 valence electrons. The van der Waals surface area contributed by atoms with Crippen LogP contribution in [0.5, 0.6) is 5.75 Å². The number of aromatic nitrogens is 1. The van der Waals surface area contributed by atoms with E-state index in [2.05, 4.69) is 11.9 Å². The number of rotatable bonds is 2. The second-order valence-electron chi connectivity index (χ2n) is 4.10. The third-order valence-corrected chi connectivity index (χ3v) is 2.86. The van der Waals surface area contributed by atoms with Gasteiger partial charge in [0, 0.05) is 11.8 Å². The predicted molar refractivity (Wildman–Crippen MR) is 70.1 cm³/mol. The molecule has 1 aromatic heterocycles. The quantitative estimate of drug-likeness (QED) is 0.859. The summed E-state index contributed by atoms with van der Waals surface area (Å²) in [5.41, 5.74) is 10.2. The smallest absolute Gasteiger partial charge is 0.123 e. The Balaban J connectivity index is 2.53. The lowest BCUT2D eigenvalue weighted by molar-refractivity contribution is 0.414. The molecule has 17 heavy (non-hydrogen) atoms. The Labute approximate surface area is 101 Å². The van der Waals surface area contributed by atoms with Gasteiger partial charge >= 0.3 is 0 Å². The van der Waals surface area contributed by atoms with Gasteiger partial charge in [-0.2, -0.15) is 0 Å². The summed E-state index contributed by atoms with van der Waals surface area (Å²) in [6, 6.07) is 7.91. The van der Waals surface area contributed by atoms with Crippen LogP contribution in [0.3, 0.4) is 0 Å². The molecule has 0 saturated carbocycles. The van der Waals surface area contributed by atoms with Crippen LogP contribution in [0, 0.1) is 13.8 Å². The minimum Gasteiger partial charge on any atom is -0.497 e. The van der Waals surface area contributed by atoms with Crippen molar-refractivity contribution in [3.63, 3.8) is 0 Å². The van der Waals surface area contributed by atoms with Crippen molar-refractivity contribution in [1.82, 2.24) is 4.98 Å². The average molecular weight is 228 g/mol. The molecular weight excluding hydrogens is 212 g/mol. The largest absolute Gasteiger partial charge is 0.497 e. The Bertz CT molecular complexity index is 550. The standard InChI is InChI=1S/C14H16N2O/c1-9-6-11(17-3)4-5-12(9)13-8-16-14(15)7-10(13)2/h4-8H,1-3H3,(H2,15,16). The molecule has 0 atom stereocenters. The topological polar surface area (TPSA) is 48.1 Å². The molecule has 0 amide bonds. The van der Waals surface area contributed by atoms with E-state index in [-0.39, 0.29) is 0 Å². The Morgan fingerprint density at radius 1 is 1.06 bits per heavy atom. The van der Waals surface area contributed by atoms with Gasteiger partial charge in [0.2, 0.25) is 0 Å². The number of nitrogens with two attached hydrogens (primary N) is 1. The van der Waals surface area contributed by atoms with Crippen LogP contribution < -0.4 is 10.5 Å². The van der Waals surface area contributed by atoms with Crippen molar-refractivity contribution in [1.29, 1.82) is 0 Å². The second-order valence-corrected chi connectivity index (χ2v) is 4.10. The fraction of sp³-hybridized carbons (Fsp3) is 0.214. The van der Waals surface area contributed by atoms with Crippen molar-refractivity contribution >= 4 is 5.82 Å². The van der Waals surface area contributed by atoms with Gasteiger partial charge in [0.1, 0.15) is 11.6 Å². The van der Waals surface area contributed by atoms with Crippen LogP contribution in [0.15, 0.2) is 30.5 Å². The number of hydrogen-bond donors (Lipinski definition) is 1. The maximum atomic E-state index is 5.66. The lowest BCUT2D eigenvalue weighted by atomic mass is 9.98. The zero-order valence-corrected chi connectivity index (χ0v) is 10.3. The highest BCUT2D eigenvalue weighted by Crippen LogP contribution is 2.29. The fourth-order valence-corrected chi connectivity index (χ4v) is 1.93. The van der Waals surface area contributed by atoms with E-state index in [4.69, 9.17) is 10.5 Å². The highest BCUT2D eigenvalue weighted by molar-refractivity contribution is 5.71. The van der Waals surface area contributed by atoms with E-state index in [1.54, 1.807) is 7.11 Å². The molecule has 0 aliphatic carbocycles. The third-order valence-electron chi connectivity index (χ3n) is 2.86. The normalized spacial score (nSPS) is 10.3. The lowest BCUT2D eigenvalue weighted by Gasteiger charge is -2.10. The summed E-state index contributed by atoms with van der Waals surface area (Å²) >= 11 is 0. The molecule has 0 fully saturated rings. The summed E-state index contributed by atoms with van der Waals surface area (Å²) in [7, 11) is 1.67. The van der Waals surface area contributed by atoms with Gasteiger partial charge in [-0.3, -0.25) is 0 Å².